The summed E-state index contributed by atoms with van der Waals surface area (Å²) in [5.41, 5.74) is 9.62. The van der Waals surface area contributed by atoms with Crippen LogP contribution in [0.4, 0.5) is 17.1 Å². The fourth-order valence-electron chi connectivity index (χ4n) is 8.32. The highest BCUT2D eigenvalue weighted by molar-refractivity contribution is 6.20. The summed E-state index contributed by atoms with van der Waals surface area (Å²) in [6, 6.07) is 72.2. The van der Waals surface area contributed by atoms with Crippen LogP contribution >= 0.6 is 0 Å². The summed E-state index contributed by atoms with van der Waals surface area (Å²) in [5, 5.41) is 12.3. The molecule has 252 valence electrons. The van der Waals surface area contributed by atoms with Crippen molar-refractivity contribution in [3.05, 3.63) is 200 Å². The molecule has 0 atom stereocenters. The fourth-order valence-corrected chi connectivity index (χ4v) is 8.32. The van der Waals surface area contributed by atoms with Crippen LogP contribution in [0, 0.1) is 0 Å². The first-order valence-electron chi connectivity index (χ1n) is 18.5. The van der Waals surface area contributed by atoms with Crippen LogP contribution in [-0.2, 0) is 0 Å². The minimum Gasteiger partial charge on any atom is -0.454 e. The van der Waals surface area contributed by atoms with Crippen molar-refractivity contribution in [1.29, 1.82) is 0 Å². The smallest absolute Gasteiger partial charge is 0.159 e. The molecule has 2 heteroatoms. The molecule has 1 aromatic heterocycles. The highest BCUT2D eigenvalue weighted by atomic mass is 16.3. The summed E-state index contributed by atoms with van der Waals surface area (Å²) in [6.07, 6.45) is 0. The Bertz CT molecular complexity index is 3190. The van der Waals surface area contributed by atoms with Gasteiger partial charge in [-0.05, 0) is 114 Å². The van der Waals surface area contributed by atoms with Gasteiger partial charge < -0.3 is 9.32 Å². The molecule has 0 saturated heterocycles. The van der Waals surface area contributed by atoms with Crippen LogP contribution in [0.25, 0.3) is 87.3 Å². The molecule has 11 aromatic rings. The normalized spacial score (nSPS) is 11.7. The molecule has 0 spiro atoms. The highest BCUT2D eigenvalue weighted by Crippen LogP contribution is 2.44. The SMILES string of the molecule is c1ccc(-c2ccc(N(c3ccc(-c4ccc5c(ccc6ccc7ccccc7c65)c4)cc3)c3cccc4c3oc3cc5ccccc5cc34)cc2)cc1. The summed E-state index contributed by atoms with van der Waals surface area (Å²) >= 11 is 0. The highest BCUT2D eigenvalue weighted by Gasteiger charge is 2.20. The van der Waals surface area contributed by atoms with Crippen molar-refractivity contribution in [2.24, 2.45) is 0 Å². The molecule has 0 bridgehead atoms. The third-order valence-electron chi connectivity index (χ3n) is 11.0. The molecular formula is C52H33NO. The van der Waals surface area contributed by atoms with Gasteiger partial charge in [0.15, 0.2) is 5.58 Å². The van der Waals surface area contributed by atoms with E-state index in [4.69, 9.17) is 4.42 Å². The molecule has 0 unspecified atom stereocenters. The third-order valence-corrected chi connectivity index (χ3v) is 11.0. The minimum atomic E-state index is 0.869. The maximum absolute atomic E-state index is 6.76. The van der Waals surface area contributed by atoms with E-state index < -0.39 is 0 Å². The number of anilines is 3. The van der Waals surface area contributed by atoms with Crippen molar-refractivity contribution < 1.29 is 4.42 Å². The van der Waals surface area contributed by atoms with Gasteiger partial charge in [-0.25, -0.2) is 0 Å². The lowest BCUT2D eigenvalue weighted by atomic mass is 9.94. The topological polar surface area (TPSA) is 16.4 Å². The first kappa shape index (κ1) is 30.5. The van der Waals surface area contributed by atoms with Crippen LogP contribution in [0.15, 0.2) is 205 Å². The molecule has 0 aliphatic rings. The van der Waals surface area contributed by atoms with E-state index in [2.05, 4.69) is 205 Å². The van der Waals surface area contributed by atoms with Crippen LogP contribution in [0.5, 0.6) is 0 Å². The Labute approximate surface area is 312 Å². The molecule has 0 fully saturated rings. The van der Waals surface area contributed by atoms with E-state index in [-0.39, 0.29) is 0 Å². The van der Waals surface area contributed by atoms with Crippen LogP contribution < -0.4 is 4.90 Å². The van der Waals surface area contributed by atoms with Gasteiger partial charge in [0.25, 0.3) is 0 Å². The van der Waals surface area contributed by atoms with E-state index in [1.165, 1.54) is 65.3 Å². The van der Waals surface area contributed by atoms with E-state index in [1.807, 2.05) is 0 Å². The monoisotopic (exact) mass is 687 g/mol. The van der Waals surface area contributed by atoms with Crippen LogP contribution in [0.3, 0.4) is 0 Å². The van der Waals surface area contributed by atoms with E-state index in [0.717, 1.165) is 39.0 Å². The number of rotatable bonds is 5. The average Bonchev–Trinajstić information content (AvgIpc) is 3.61. The Hall–Kier alpha value is -7.16. The van der Waals surface area contributed by atoms with Gasteiger partial charge in [0.05, 0.1) is 5.69 Å². The van der Waals surface area contributed by atoms with Crippen LogP contribution in [-0.4, -0.2) is 0 Å². The number of fused-ring (bicyclic) bond motifs is 9. The number of hydrogen-bond acceptors (Lipinski definition) is 2. The number of para-hydroxylation sites is 1. The first-order valence-corrected chi connectivity index (χ1v) is 18.5. The molecule has 11 rings (SSSR count). The summed E-state index contributed by atoms with van der Waals surface area (Å²) in [7, 11) is 0. The van der Waals surface area contributed by atoms with Crippen molar-refractivity contribution in [1.82, 2.24) is 0 Å². The molecule has 1 heterocycles. The molecule has 2 nitrogen and oxygen atoms in total. The first-order chi connectivity index (χ1) is 26.7. The van der Waals surface area contributed by atoms with Gasteiger partial charge in [0.2, 0.25) is 0 Å². The van der Waals surface area contributed by atoms with Gasteiger partial charge in [-0.3, -0.25) is 0 Å². The Morgan fingerprint density at radius 2 is 0.870 bits per heavy atom. The summed E-state index contributed by atoms with van der Waals surface area (Å²) < 4.78 is 6.76. The molecule has 0 saturated carbocycles. The van der Waals surface area contributed by atoms with Crippen molar-refractivity contribution in [2.45, 2.75) is 0 Å². The second-order valence-corrected chi connectivity index (χ2v) is 14.1. The number of hydrogen-bond donors (Lipinski definition) is 0. The second kappa shape index (κ2) is 12.2. The maximum Gasteiger partial charge on any atom is 0.159 e. The maximum atomic E-state index is 6.76. The zero-order chi connectivity index (χ0) is 35.6. The molecular weight excluding hydrogens is 655 g/mol. The van der Waals surface area contributed by atoms with Gasteiger partial charge in [0, 0.05) is 22.1 Å². The quantitative estimate of drug-likeness (QED) is 0.168. The van der Waals surface area contributed by atoms with Gasteiger partial charge in [-0.15, -0.1) is 0 Å². The second-order valence-electron chi connectivity index (χ2n) is 14.1. The van der Waals surface area contributed by atoms with Crippen molar-refractivity contribution in [2.75, 3.05) is 4.90 Å². The van der Waals surface area contributed by atoms with E-state index in [9.17, 15) is 0 Å². The van der Waals surface area contributed by atoms with Crippen molar-refractivity contribution >= 4 is 82.1 Å². The summed E-state index contributed by atoms with van der Waals surface area (Å²) in [6.45, 7) is 0. The molecule has 0 N–H and O–H groups in total. The lowest BCUT2D eigenvalue weighted by Gasteiger charge is -2.26. The Morgan fingerprint density at radius 3 is 1.63 bits per heavy atom. The Balaban J connectivity index is 1.04. The zero-order valence-corrected chi connectivity index (χ0v) is 29.4. The molecule has 0 amide bonds. The molecule has 10 aromatic carbocycles. The van der Waals surface area contributed by atoms with E-state index in [0.29, 0.717) is 0 Å². The predicted molar refractivity (Wildman–Crippen MR) is 229 cm³/mol. The van der Waals surface area contributed by atoms with Crippen LogP contribution in [0.1, 0.15) is 0 Å². The molecule has 0 aliphatic heterocycles. The fraction of sp³-hybridized carbons (Fsp3) is 0. The number of furan rings is 1. The van der Waals surface area contributed by atoms with Gasteiger partial charge in [-0.2, -0.15) is 0 Å². The third kappa shape index (κ3) is 4.96. The molecule has 0 radical (unpaired) electrons. The number of nitrogens with zero attached hydrogens (tertiary/aromatic N) is 1. The standard InChI is InChI=1S/C52H33NO/c1-2-9-34(10-3-1)35-21-26-43(27-22-35)53(49-16-8-15-47-48-32-39-12-4-5-13-40(39)33-50(48)54-52(47)49)44-28-23-36(24-29-44)41-25-30-46-42(31-41)20-19-38-18-17-37-11-6-7-14-45(37)51(38)46/h1-33H. The van der Waals surface area contributed by atoms with Gasteiger partial charge in [-0.1, -0.05) is 152 Å². The van der Waals surface area contributed by atoms with Gasteiger partial charge in [0.1, 0.15) is 5.58 Å². The zero-order valence-electron chi connectivity index (χ0n) is 29.4. The molecule has 0 aliphatic carbocycles. The lowest BCUT2D eigenvalue weighted by molar-refractivity contribution is 0.669. The number of benzene rings is 10. The lowest BCUT2D eigenvalue weighted by Crippen LogP contribution is -2.10. The van der Waals surface area contributed by atoms with Crippen molar-refractivity contribution in [3.8, 4) is 22.3 Å². The molecule has 54 heavy (non-hydrogen) atoms. The largest absolute Gasteiger partial charge is 0.454 e. The summed E-state index contributed by atoms with van der Waals surface area (Å²) in [4.78, 5) is 2.32. The van der Waals surface area contributed by atoms with E-state index in [1.54, 1.807) is 0 Å². The van der Waals surface area contributed by atoms with Crippen molar-refractivity contribution in [3.63, 3.8) is 0 Å². The minimum absolute atomic E-state index is 0.869. The summed E-state index contributed by atoms with van der Waals surface area (Å²) in [5.74, 6) is 0. The van der Waals surface area contributed by atoms with Crippen LogP contribution in [0.2, 0.25) is 0 Å². The Kier molecular flexibility index (Phi) is 6.90. The van der Waals surface area contributed by atoms with E-state index >= 15 is 0 Å². The predicted octanol–water partition coefficient (Wildman–Crippen LogP) is 15.0. The average molecular weight is 688 g/mol. The Morgan fingerprint density at radius 1 is 0.315 bits per heavy atom. The van der Waals surface area contributed by atoms with Gasteiger partial charge >= 0.3 is 0 Å².